The Morgan fingerprint density at radius 1 is 1.16 bits per heavy atom. The number of nitrogen functional groups attached to an aromatic ring is 1. The fourth-order valence-corrected chi connectivity index (χ4v) is 3.16. The van der Waals surface area contributed by atoms with Gasteiger partial charge in [0.05, 0.1) is 16.3 Å². The number of hydrogen-bond donors (Lipinski definition) is 3. The van der Waals surface area contributed by atoms with E-state index < -0.39 is 10.0 Å². The van der Waals surface area contributed by atoms with Crippen molar-refractivity contribution in [2.45, 2.75) is 4.90 Å². The lowest BCUT2D eigenvalue weighted by atomic mass is 10.2. The third-order valence-corrected chi connectivity index (χ3v) is 4.24. The van der Waals surface area contributed by atoms with Crippen LogP contribution in [0.25, 0.3) is 0 Å². The van der Waals surface area contributed by atoms with Gasteiger partial charge in [0, 0.05) is 10.5 Å². The van der Waals surface area contributed by atoms with Gasteiger partial charge in [-0.05, 0) is 30.3 Å². The van der Waals surface area contributed by atoms with Gasteiger partial charge in [-0.3, -0.25) is 4.72 Å². The summed E-state index contributed by atoms with van der Waals surface area (Å²) in [5.74, 6) is -0.0251. The highest BCUT2D eigenvalue weighted by atomic mass is 79.9. The average Bonchev–Trinajstić information content (AvgIpc) is 2.33. The molecule has 2 aromatic carbocycles. The summed E-state index contributed by atoms with van der Waals surface area (Å²) in [7, 11) is -3.71. The number of rotatable bonds is 3. The predicted molar refractivity (Wildman–Crippen MR) is 77.5 cm³/mol. The molecule has 0 aliphatic heterocycles. The van der Waals surface area contributed by atoms with E-state index in [4.69, 9.17) is 5.73 Å². The normalized spacial score (nSPS) is 11.2. The first-order valence-electron chi connectivity index (χ1n) is 5.25. The molecule has 0 spiro atoms. The van der Waals surface area contributed by atoms with Crippen LogP contribution < -0.4 is 10.5 Å². The molecule has 0 aliphatic rings. The van der Waals surface area contributed by atoms with Crippen LogP contribution >= 0.6 is 15.9 Å². The zero-order chi connectivity index (χ0) is 14.0. The van der Waals surface area contributed by atoms with Crippen LogP contribution in [0.5, 0.6) is 5.75 Å². The van der Waals surface area contributed by atoms with Crippen molar-refractivity contribution in [1.29, 1.82) is 0 Å². The van der Waals surface area contributed by atoms with Gasteiger partial charge in [-0.1, -0.05) is 22.0 Å². The van der Waals surface area contributed by atoms with E-state index in [0.29, 0.717) is 4.47 Å². The topological polar surface area (TPSA) is 92.4 Å². The zero-order valence-corrected chi connectivity index (χ0v) is 12.1. The van der Waals surface area contributed by atoms with Crippen LogP contribution in [-0.4, -0.2) is 13.5 Å². The van der Waals surface area contributed by atoms with Crippen molar-refractivity contribution in [2.24, 2.45) is 0 Å². The highest BCUT2D eigenvalue weighted by Crippen LogP contribution is 2.26. The summed E-state index contributed by atoms with van der Waals surface area (Å²) in [4.78, 5) is 0.120. The van der Waals surface area contributed by atoms with E-state index in [0.717, 1.165) is 0 Å². The highest BCUT2D eigenvalue weighted by Gasteiger charge is 2.15. The molecule has 0 aliphatic carbocycles. The molecule has 2 rings (SSSR count). The quantitative estimate of drug-likeness (QED) is 0.590. The SMILES string of the molecule is Nc1cc(O)ccc1NS(=O)(=O)c1cccc(Br)c1. The minimum Gasteiger partial charge on any atom is -0.508 e. The summed E-state index contributed by atoms with van der Waals surface area (Å²) in [6, 6.07) is 10.4. The van der Waals surface area contributed by atoms with E-state index in [2.05, 4.69) is 20.7 Å². The van der Waals surface area contributed by atoms with Gasteiger partial charge < -0.3 is 10.8 Å². The Bertz CT molecular complexity index is 717. The van der Waals surface area contributed by atoms with Crippen LogP contribution in [0, 0.1) is 0 Å². The average molecular weight is 343 g/mol. The summed E-state index contributed by atoms with van der Waals surface area (Å²) < 4.78 is 27.3. The van der Waals surface area contributed by atoms with Gasteiger partial charge in [0.25, 0.3) is 10.0 Å². The van der Waals surface area contributed by atoms with Gasteiger partial charge in [0.1, 0.15) is 5.75 Å². The molecule has 5 nitrogen and oxygen atoms in total. The van der Waals surface area contributed by atoms with Gasteiger partial charge in [-0.25, -0.2) is 8.42 Å². The van der Waals surface area contributed by atoms with E-state index in [1.165, 1.54) is 30.3 Å². The molecule has 7 heteroatoms. The molecule has 0 saturated carbocycles. The minimum atomic E-state index is -3.71. The predicted octanol–water partition coefficient (Wildman–Crippen LogP) is 2.54. The number of halogens is 1. The van der Waals surface area contributed by atoms with Crippen molar-refractivity contribution in [3.05, 3.63) is 46.9 Å². The van der Waals surface area contributed by atoms with Crippen molar-refractivity contribution in [1.82, 2.24) is 0 Å². The molecule has 0 atom stereocenters. The second-order valence-corrected chi connectivity index (χ2v) is 6.43. The van der Waals surface area contributed by atoms with Crippen LogP contribution in [0.2, 0.25) is 0 Å². The molecule has 19 heavy (non-hydrogen) atoms. The lowest BCUT2D eigenvalue weighted by Gasteiger charge is -2.10. The molecule has 4 N–H and O–H groups in total. The van der Waals surface area contributed by atoms with Crippen LogP contribution in [0.15, 0.2) is 51.8 Å². The van der Waals surface area contributed by atoms with Gasteiger partial charge in [0.2, 0.25) is 0 Å². The van der Waals surface area contributed by atoms with Crippen molar-refractivity contribution in [3.8, 4) is 5.75 Å². The first kappa shape index (κ1) is 13.7. The Morgan fingerprint density at radius 3 is 2.53 bits per heavy atom. The molecule has 0 aromatic heterocycles. The number of nitrogens with two attached hydrogens (primary N) is 1. The van der Waals surface area contributed by atoms with Gasteiger partial charge >= 0.3 is 0 Å². The third kappa shape index (κ3) is 3.18. The van der Waals surface area contributed by atoms with Crippen molar-refractivity contribution in [2.75, 3.05) is 10.5 Å². The molecular weight excluding hydrogens is 332 g/mol. The first-order chi connectivity index (χ1) is 8.88. The van der Waals surface area contributed by atoms with Crippen LogP contribution in [0.1, 0.15) is 0 Å². The Morgan fingerprint density at radius 2 is 1.89 bits per heavy atom. The lowest BCUT2D eigenvalue weighted by Crippen LogP contribution is -2.14. The maximum atomic E-state index is 12.1. The van der Waals surface area contributed by atoms with Crippen molar-refractivity contribution >= 4 is 37.3 Å². The van der Waals surface area contributed by atoms with E-state index in [1.807, 2.05) is 0 Å². The second kappa shape index (κ2) is 5.10. The maximum Gasteiger partial charge on any atom is 0.261 e. The highest BCUT2D eigenvalue weighted by molar-refractivity contribution is 9.10. The molecule has 0 amide bonds. The molecule has 0 unspecified atom stereocenters. The van der Waals surface area contributed by atoms with Crippen LogP contribution in [0.4, 0.5) is 11.4 Å². The summed E-state index contributed by atoms with van der Waals surface area (Å²) in [5.41, 5.74) is 6.01. The zero-order valence-electron chi connectivity index (χ0n) is 9.67. The van der Waals surface area contributed by atoms with Crippen molar-refractivity contribution < 1.29 is 13.5 Å². The van der Waals surface area contributed by atoms with Gasteiger partial charge in [0.15, 0.2) is 0 Å². The monoisotopic (exact) mass is 342 g/mol. The lowest BCUT2D eigenvalue weighted by molar-refractivity contribution is 0.475. The van der Waals surface area contributed by atoms with E-state index in [9.17, 15) is 13.5 Å². The molecule has 2 aromatic rings. The Labute approximate surface area is 119 Å². The number of benzene rings is 2. The third-order valence-electron chi connectivity index (χ3n) is 2.39. The molecule has 100 valence electrons. The Balaban J connectivity index is 2.36. The smallest absolute Gasteiger partial charge is 0.261 e. The number of phenolic OH excluding ortho intramolecular Hbond substituents is 1. The van der Waals surface area contributed by atoms with Gasteiger partial charge in [-0.15, -0.1) is 0 Å². The van der Waals surface area contributed by atoms with E-state index >= 15 is 0 Å². The van der Waals surface area contributed by atoms with Crippen LogP contribution in [0.3, 0.4) is 0 Å². The van der Waals surface area contributed by atoms with E-state index in [-0.39, 0.29) is 22.0 Å². The molecule has 0 bridgehead atoms. The Hall–Kier alpha value is -1.73. The number of hydrogen-bond acceptors (Lipinski definition) is 4. The Kier molecular flexibility index (Phi) is 3.68. The number of nitrogens with one attached hydrogen (secondary N) is 1. The fraction of sp³-hybridized carbons (Fsp3) is 0. The fourth-order valence-electron chi connectivity index (χ4n) is 1.48. The molecule has 0 fully saturated rings. The molecule has 0 saturated heterocycles. The molecule has 0 heterocycles. The standard InChI is InChI=1S/C12H11BrN2O3S/c13-8-2-1-3-10(6-8)19(17,18)15-12-5-4-9(16)7-11(12)14/h1-7,15-16H,14H2. The number of phenols is 1. The second-order valence-electron chi connectivity index (χ2n) is 3.83. The number of sulfonamides is 1. The van der Waals surface area contributed by atoms with Crippen LogP contribution in [-0.2, 0) is 10.0 Å². The molecule has 0 radical (unpaired) electrons. The summed E-state index contributed by atoms with van der Waals surface area (Å²) in [6.45, 7) is 0. The summed E-state index contributed by atoms with van der Waals surface area (Å²) in [6.07, 6.45) is 0. The number of aromatic hydroxyl groups is 1. The summed E-state index contributed by atoms with van der Waals surface area (Å²) in [5, 5.41) is 9.23. The van der Waals surface area contributed by atoms with Crippen molar-refractivity contribution in [3.63, 3.8) is 0 Å². The van der Waals surface area contributed by atoms with E-state index in [1.54, 1.807) is 12.1 Å². The molecular formula is C12H11BrN2O3S. The largest absolute Gasteiger partial charge is 0.508 e. The minimum absolute atomic E-state index is 0.0251. The maximum absolute atomic E-state index is 12.1. The first-order valence-corrected chi connectivity index (χ1v) is 7.53. The summed E-state index contributed by atoms with van der Waals surface area (Å²) >= 11 is 3.21. The van der Waals surface area contributed by atoms with Gasteiger partial charge in [-0.2, -0.15) is 0 Å². The number of anilines is 2.